The number of nitrogens with zero attached hydrogens (tertiary/aromatic N) is 2. The molecule has 0 aromatic carbocycles. The molecule has 5 heteroatoms. The highest BCUT2D eigenvalue weighted by Gasteiger charge is 2.18. The molecule has 0 saturated heterocycles. The van der Waals surface area contributed by atoms with Gasteiger partial charge < -0.3 is 4.74 Å². The highest BCUT2D eigenvalue weighted by atomic mass is 16.7. The second kappa shape index (κ2) is 5.46. The zero-order valence-corrected chi connectivity index (χ0v) is 9.98. The summed E-state index contributed by atoms with van der Waals surface area (Å²) in [6, 6.07) is 1.77. The van der Waals surface area contributed by atoms with Gasteiger partial charge in [-0.25, -0.2) is 10.0 Å². The third-order valence-corrected chi connectivity index (χ3v) is 2.30. The van der Waals surface area contributed by atoms with Crippen molar-refractivity contribution in [1.29, 1.82) is 0 Å². The molecule has 0 radical (unpaired) electrons. The number of carbonyl (C=O) groups excluding carboxylic acids is 1. The van der Waals surface area contributed by atoms with Gasteiger partial charge in [0.15, 0.2) is 0 Å². The molecule has 1 heterocycles. The van der Waals surface area contributed by atoms with Crippen molar-refractivity contribution >= 4 is 5.91 Å². The van der Waals surface area contributed by atoms with E-state index < -0.39 is 0 Å². The zero-order valence-electron chi connectivity index (χ0n) is 9.98. The van der Waals surface area contributed by atoms with Crippen LogP contribution in [-0.2, 0) is 11.3 Å². The molecule has 0 fully saturated rings. The summed E-state index contributed by atoms with van der Waals surface area (Å²) in [5.74, 6) is 0.0354. The monoisotopic (exact) mass is 224 g/mol. The summed E-state index contributed by atoms with van der Waals surface area (Å²) in [6.07, 6.45) is 2.51. The van der Waals surface area contributed by atoms with Crippen LogP contribution in [0.1, 0.15) is 22.8 Å². The lowest BCUT2D eigenvalue weighted by Crippen LogP contribution is -2.26. The average Bonchev–Trinajstić information content (AvgIpc) is 2.35. The van der Waals surface area contributed by atoms with Crippen molar-refractivity contribution in [1.82, 2.24) is 10.0 Å². The summed E-state index contributed by atoms with van der Waals surface area (Å²) in [5.41, 5.74) is 1.39. The molecule has 1 aromatic heterocycles. The van der Waals surface area contributed by atoms with E-state index in [4.69, 9.17) is 9.57 Å². The lowest BCUT2D eigenvalue weighted by Gasteiger charge is -2.15. The first-order chi connectivity index (χ1) is 7.63. The molecule has 0 unspecified atom stereocenters. The fraction of sp³-hybridized carbons (Fsp3) is 0.455. The largest absolute Gasteiger partial charge is 0.480 e. The Labute approximate surface area is 94.9 Å². The Bertz CT molecular complexity index is 379. The summed E-state index contributed by atoms with van der Waals surface area (Å²) < 4.78 is 5.05. The molecule has 0 atom stereocenters. The number of rotatable bonds is 4. The normalized spacial score (nSPS) is 10.0. The number of hydroxylamine groups is 2. The number of aromatic nitrogens is 1. The van der Waals surface area contributed by atoms with Crippen LogP contribution in [0.15, 0.2) is 12.3 Å². The van der Waals surface area contributed by atoms with Crippen LogP contribution in [0.3, 0.4) is 0 Å². The number of hydrogen-bond acceptors (Lipinski definition) is 4. The highest BCUT2D eigenvalue weighted by molar-refractivity contribution is 5.95. The molecule has 1 rings (SSSR count). The minimum Gasteiger partial charge on any atom is -0.480 e. The summed E-state index contributed by atoms with van der Waals surface area (Å²) in [6.45, 7) is 2.00. The minimum atomic E-state index is -0.276. The lowest BCUT2D eigenvalue weighted by molar-refractivity contribution is -0.0758. The van der Waals surface area contributed by atoms with E-state index in [2.05, 4.69) is 4.98 Å². The molecule has 0 aliphatic heterocycles. The first kappa shape index (κ1) is 12.4. The number of methoxy groups -OCH3 is 1. The van der Waals surface area contributed by atoms with Crippen molar-refractivity contribution in [2.75, 3.05) is 21.3 Å². The Morgan fingerprint density at radius 3 is 2.69 bits per heavy atom. The van der Waals surface area contributed by atoms with Gasteiger partial charge in [0.25, 0.3) is 5.91 Å². The molecular weight excluding hydrogens is 208 g/mol. The van der Waals surface area contributed by atoms with E-state index in [0.717, 1.165) is 17.0 Å². The summed E-state index contributed by atoms with van der Waals surface area (Å²) in [4.78, 5) is 20.8. The van der Waals surface area contributed by atoms with E-state index in [0.29, 0.717) is 11.4 Å². The first-order valence-corrected chi connectivity index (χ1v) is 4.99. The Balaban J connectivity index is 3.13. The Kier molecular flexibility index (Phi) is 4.25. The zero-order chi connectivity index (χ0) is 12.1. The number of ether oxygens (including phenoxy) is 1. The molecule has 1 aromatic rings. The number of carbonyl (C=O) groups is 1. The Morgan fingerprint density at radius 1 is 1.50 bits per heavy atom. The van der Waals surface area contributed by atoms with E-state index in [1.807, 2.05) is 6.92 Å². The first-order valence-electron chi connectivity index (χ1n) is 4.99. The topological polar surface area (TPSA) is 51.7 Å². The van der Waals surface area contributed by atoms with E-state index in [-0.39, 0.29) is 5.91 Å². The highest BCUT2D eigenvalue weighted by Crippen LogP contribution is 2.18. The molecular formula is C11H16N2O3. The third kappa shape index (κ3) is 2.49. The van der Waals surface area contributed by atoms with Crippen molar-refractivity contribution in [3.8, 4) is 5.88 Å². The fourth-order valence-electron chi connectivity index (χ4n) is 1.26. The molecule has 1 amide bonds. The van der Waals surface area contributed by atoms with Gasteiger partial charge >= 0.3 is 0 Å². The van der Waals surface area contributed by atoms with Crippen LogP contribution >= 0.6 is 0 Å². The molecule has 0 saturated carbocycles. The van der Waals surface area contributed by atoms with Crippen molar-refractivity contribution in [2.24, 2.45) is 0 Å². The number of pyridine rings is 1. The van der Waals surface area contributed by atoms with E-state index >= 15 is 0 Å². The molecule has 0 aliphatic carbocycles. The van der Waals surface area contributed by atoms with Gasteiger partial charge in [-0.3, -0.25) is 9.63 Å². The maximum Gasteiger partial charge on any atom is 0.282 e. The minimum absolute atomic E-state index is 0.276. The van der Waals surface area contributed by atoms with Crippen molar-refractivity contribution in [3.63, 3.8) is 0 Å². The van der Waals surface area contributed by atoms with Crippen molar-refractivity contribution in [2.45, 2.75) is 13.3 Å². The summed E-state index contributed by atoms with van der Waals surface area (Å²) in [5, 5.41) is 1.14. The number of hydrogen-bond donors (Lipinski definition) is 0. The van der Waals surface area contributed by atoms with Crippen LogP contribution in [0, 0.1) is 0 Å². The van der Waals surface area contributed by atoms with Crippen LogP contribution in [0.25, 0.3) is 0 Å². The van der Waals surface area contributed by atoms with Gasteiger partial charge in [-0.05, 0) is 18.1 Å². The number of aryl methyl sites for hydroxylation is 1. The average molecular weight is 224 g/mol. The van der Waals surface area contributed by atoms with Gasteiger partial charge in [-0.15, -0.1) is 0 Å². The SMILES string of the molecule is CCc1cnc(OC)c(C(=O)N(C)OC)c1. The maximum atomic E-state index is 11.9. The molecule has 88 valence electrons. The van der Waals surface area contributed by atoms with Gasteiger partial charge in [0.05, 0.1) is 14.2 Å². The van der Waals surface area contributed by atoms with Gasteiger partial charge in [-0.2, -0.15) is 0 Å². The van der Waals surface area contributed by atoms with Crippen LogP contribution in [-0.4, -0.2) is 37.2 Å². The van der Waals surface area contributed by atoms with E-state index in [1.54, 1.807) is 19.3 Å². The quantitative estimate of drug-likeness (QED) is 0.723. The standard InChI is InChI=1S/C11H16N2O3/c1-5-8-6-9(10(15-3)12-7-8)11(14)13(2)16-4/h6-7H,5H2,1-4H3. The molecule has 0 aliphatic rings. The fourth-order valence-corrected chi connectivity index (χ4v) is 1.26. The number of amides is 1. The van der Waals surface area contributed by atoms with E-state index in [1.165, 1.54) is 14.2 Å². The van der Waals surface area contributed by atoms with E-state index in [9.17, 15) is 4.79 Å². The van der Waals surface area contributed by atoms with Crippen molar-refractivity contribution < 1.29 is 14.4 Å². The van der Waals surface area contributed by atoms with Gasteiger partial charge in [-0.1, -0.05) is 6.92 Å². The predicted molar refractivity (Wildman–Crippen MR) is 59.3 cm³/mol. The van der Waals surface area contributed by atoms with Crippen LogP contribution < -0.4 is 4.74 Å². The van der Waals surface area contributed by atoms with Crippen LogP contribution in [0.2, 0.25) is 0 Å². The van der Waals surface area contributed by atoms with Crippen LogP contribution in [0.4, 0.5) is 0 Å². The summed E-state index contributed by atoms with van der Waals surface area (Å²) >= 11 is 0. The molecule has 0 spiro atoms. The van der Waals surface area contributed by atoms with Gasteiger partial charge in [0.1, 0.15) is 5.56 Å². The van der Waals surface area contributed by atoms with Gasteiger partial charge in [0.2, 0.25) is 5.88 Å². The second-order valence-corrected chi connectivity index (χ2v) is 3.24. The smallest absolute Gasteiger partial charge is 0.282 e. The molecule has 0 N–H and O–H groups in total. The molecule has 5 nitrogen and oxygen atoms in total. The molecule has 0 bridgehead atoms. The molecule has 16 heavy (non-hydrogen) atoms. The van der Waals surface area contributed by atoms with Gasteiger partial charge in [0, 0.05) is 13.2 Å². The predicted octanol–water partition coefficient (Wildman–Crippen LogP) is 1.29. The summed E-state index contributed by atoms with van der Waals surface area (Å²) in [7, 11) is 4.46. The Hall–Kier alpha value is -1.62. The third-order valence-electron chi connectivity index (χ3n) is 2.30. The second-order valence-electron chi connectivity index (χ2n) is 3.24. The van der Waals surface area contributed by atoms with Crippen LogP contribution in [0.5, 0.6) is 5.88 Å². The maximum absolute atomic E-state index is 11.9. The van der Waals surface area contributed by atoms with Crippen molar-refractivity contribution in [3.05, 3.63) is 23.4 Å². The Morgan fingerprint density at radius 2 is 2.19 bits per heavy atom. The lowest BCUT2D eigenvalue weighted by atomic mass is 10.1.